The number of aliphatic hydroxyl groups excluding tert-OH is 2. The number of benzene rings is 1. The minimum atomic E-state index is -1.57. The van der Waals surface area contributed by atoms with Crippen molar-refractivity contribution in [2.75, 3.05) is 13.7 Å². The molecule has 7 heteroatoms. The number of allylic oxidation sites excluding steroid dienone is 1. The van der Waals surface area contributed by atoms with Crippen LogP contribution in [0.3, 0.4) is 0 Å². The molecule has 0 amide bonds. The largest absolute Gasteiger partial charge is 0.507 e. The second kappa shape index (κ2) is 6.95. The summed E-state index contributed by atoms with van der Waals surface area (Å²) in [5.74, 6) is -0.741. The number of ether oxygens (including phenoxy) is 2. The highest BCUT2D eigenvalue weighted by Gasteiger charge is 2.74. The number of hydrogen-bond acceptors (Lipinski definition) is 7. The SMILES string of the molecule is COc1cc(C)c(C(=O)O[C@@H]2C[C@]3(C)[C@@H]4C(C=C(CO)[C@]23O)CC(C)(C)[C@@H]4O)c(O)c1. The van der Waals surface area contributed by atoms with E-state index in [1.54, 1.807) is 13.0 Å². The Hall–Kier alpha value is -2.09. The summed E-state index contributed by atoms with van der Waals surface area (Å²) in [6, 6.07) is 2.96. The van der Waals surface area contributed by atoms with Crippen LogP contribution in [0.15, 0.2) is 23.8 Å². The van der Waals surface area contributed by atoms with Crippen LogP contribution in [-0.4, -0.2) is 57.9 Å². The molecule has 4 N–H and O–H groups in total. The van der Waals surface area contributed by atoms with Crippen LogP contribution in [0.25, 0.3) is 0 Å². The van der Waals surface area contributed by atoms with Crippen LogP contribution in [0.2, 0.25) is 0 Å². The van der Waals surface area contributed by atoms with Gasteiger partial charge in [0.1, 0.15) is 28.8 Å². The van der Waals surface area contributed by atoms with Crippen molar-refractivity contribution in [3.05, 3.63) is 34.9 Å². The molecule has 0 heterocycles. The molecule has 2 fully saturated rings. The van der Waals surface area contributed by atoms with Crippen molar-refractivity contribution in [3.63, 3.8) is 0 Å². The van der Waals surface area contributed by atoms with Crippen LogP contribution >= 0.6 is 0 Å². The topological polar surface area (TPSA) is 116 Å². The van der Waals surface area contributed by atoms with E-state index in [9.17, 15) is 25.2 Å². The summed E-state index contributed by atoms with van der Waals surface area (Å²) >= 11 is 0. The van der Waals surface area contributed by atoms with Crippen molar-refractivity contribution in [1.82, 2.24) is 0 Å². The fraction of sp³-hybridized carbons (Fsp3) is 0.625. The van der Waals surface area contributed by atoms with Crippen molar-refractivity contribution in [2.24, 2.45) is 22.7 Å². The van der Waals surface area contributed by atoms with Gasteiger partial charge in [-0.25, -0.2) is 4.79 Å². The Balaban J connectivity index is 1.65. The highest BCUT2D eigenvalue weighted by molar-refractivity contribution is 5.94. The third-order valence-electron chi connectivity index (χ3n) is 8.10. The monoisotopic (exact) mass is 432 g/mol. The molecule has 7 nitrogen and oxygen atoms in total. The summed E-state index contributed by atoms with van der Waals surface area (Å²) in [4.78, 5) is 12.9. The lowest BCUT2D eigenvalue weighted by Gasteiger charge is -2.65. The van der Waals surface area contributed by atoms with E-state index >= 15 is 0 Å². The minimum Gasteiger partial charge on any atom is -0.507 e. The highest BCUT2D eigenvalue weighted by atomic mass is 16.6. The maximum absolute atomic E-state index is 12.9. The number of aliphatic hydroxyl groups is 3. The first-order chi connectivity index (χ1) is 14.4. The molecule has 170 valence electrons. The molecule has 4 rings (SSSR count). The molecule has 0 bridgehead atoms. The summed E-state index contributed by atoms with van der Waals surface area (Å²) in [6.45, 7) is 7.23. The molecule has 1 unspecified atom stereocenters. The van der Waals surface area contributed by atoms with Gasteiger partial charge in [0.15, 0.2) is 0 Å². The molecule has 2 saturated carbocycles. The number of carbonyl (C=O) groups is 1. The second-order valence-corrected chi connectivity index (χ2v) is 10.3. The summed E-state index contributed by atoms with van der Waals surface area (Å²) in [6.07, 6.45) is 1.48. The Morgan fingerprint density at radius 3 is 2.48 bits per heavy atom. The molecule has 0 radical (unpaired) electrons. The Labute approximate surface area is 182 Å². The first-order valence-corrected chi connectivity index (χ1v) is 10.7. The van der Waals surface area contributed by atoms with E-state index in [1.165, 1.54) is 13.2 Å². The fourth-order valence-corrected chi connectivity index (χ4v) is 6.44. The van der Waals surface area contributed by atoms with Crippen molar-refractivity contribution in [2.45, 2.75) is 58.3 Å². The molecule has 0 aliphatic heterocycles. The third kappa shape index (κ3) is 2.86. The lowest BCUT2D eigenvalue weighted by atomic mass is 9.43. The zero-order valence-corrected chi connectivity index (χ0v) is 18.7. The normalized spacial score (nSPS) is 37.9. The van der Waals surface area contributed by atoms with Gasteiger partial charge in [-0.15, -0.1) is 0 Å². The van der Waals surface area contributed by atoms with Crippen LogP contribution in [0, 0.1) is 29.6 Å². The third-order valence-corrected chi connectivity index (χ3v) is 8.10. The molecule has 31 heavy (non-hydrogen) atoms. The average Bonchev–Trinajstić information content (AvgIpc) is 2.92. The second-order valence-electron chi connectivity index (χ2n) is 10.3. The summed E-state index contributed by atoms with van der Waals surface area (Å²) in [5, 5.41) is 43.1. The number of esters is 1. The molecule has 0 spiro atoms. The Kier molecular flexibility index (Phi) is 4.96. The number of fused-ring (bicyclic) bond motifs is 3. The van der Waals surface area contributed by atoms with Gasteiger partial charge in [-0.05, 0) is 48.3 Å². The van der Waals surface area contributed by atoms with E-state index in [4.69, 9.17) is 9.47 Å². The number of phenols is 1. The molecule has 0 aromatic heterocycles. The van der Waals surface area contributed by atoms with Gasteiger partial charge in [-0.2, -0.15) is 0 Å². The maximum atomic E-state index is 12.9. The van der Waals surface area contributed by atoms with E-state index < -0.39 is 29.2 Å². The molecular weight excluding hydrogens is 400 g/mol. The molecule has 0 saturated heterocycles. The molecular formula is C24H32O7. The minimum absolute atomic E-state index is 0.0169. The van der Waals surface area contributed by atoms with Crippen LogP contribution in [0.1, 0.15) is 49.5 Å². The van der Waals surface area contributed by atoms with Crippen LogP contribution in [-0.2, 0) is 4.74 Å². The van der Waals surface area contributed by atoms with Gasteiger partial charge in [0.2, 0.25) is 0 Å². The zero-order valence-electron chi connectivity index (χ0n) is 18.7. The molecule has 6 atom stereocenters. The summed E-state index contributed by atoms with van der Waals surface area (Å²) in [5.41, 5.74) is -1.68. The Morgan fingerprint density at radius 2 is 1.90 bits per heavy atom. The number of methoxy groups -OCH3 is 1. The number of hydrogen-bond donors (Lipinski definition) is 4. The van der Waals surface area contributed by atoms with Crippen LogP contribution in [0.4, 0.5) is 0 Å². The first kappa shape index (κ1) is 22.1. The van der Waals surface area contributed by atoms with Crippen molar-refractivity contribution >= 4 is 5.97 Å². The molecule has 1 aromatic carbocycles. The predicted molar refractivity (Wildman–Crippen MR) is 113 cm³/mol. The lowest BCUT2D eigenvalue weighted by molar-refractivity contribution is -0.260. The highest BCUT2D eigenvalue weighted by Crippen LogP contribution is 2.68. The van der Waals surface area contributed by atoms with E-state index in [1.807, 2.05) is 26.8 Å². The van der Waals surface area contributed by atoms with Crippen molar-refractivity contribution in [3.8, 4) is 11.5 Å². The summed E-state index contributed by atoms with van der Waals surface area (Å²) < 4.78 is 10.8. The van der Waals surface area contributed by atoms with Gasteiger partial charge < -0.3 is 29.9 Å². The van der Waals surface area contributed by atoms with Gasteiger partial charge in [0.25, 0.3) is 0 Å². The Bertz CT molecular complexity index is 928. The quantitative estimate of drug-likeness (QED) is 0.426. The Morgan fingerprint density at radius 1 is 1.23 bits per heavy atom. The fourth-order valence-electron chi connectivity index (χ4n) is 6.44. The van der Waals surface area contributed by atoms with Crippen molar-refractivity contribution < 1.29 is 34.7 Å². The van der Waals surface area contributed by atoms with E-state index in [-0.39, 0.29) is 35.2 Å². The number of rotatable bonds is 4. The molecule has 3 aliphatic rings. The number of carbonyl (C=O) groups excluding carboxylic acids is 1. The van der Waals surface area contributed by atoms with Gasteiger partial charge in [0.05, 0.1) is 19.8 Å². The van der Waals surface area contributed by atoms with E-state index in [0.717, 1.165) is 6.42 Å². The van der Waals surface area contributed by atoms with Crippen LogP contribution < -0.4 is 4.74 Å². The predicted octanol–water partition coefficient (Wildman–Crippen LogP) is 2.33. The van der Waals surface area contributed by atoms with Gasteiger partial charge in [-0.1, -0.05) is 26.8 Å². The van der Waals surface area contributed by atoms with Gasteiger partial charge in [0, 0.05) is 17.4 Å². The smallest absolute Gasteiger partial charge is 0.342 e. The van der Waals surface area contributed by atoms with E-state index in [0.29, 0.717) is 23.3 Å². The molecule has 3 aliphatic carbocycles. The summed E-state index contributed by atoms with van der Waals surface area (Å²) in [7, 11) is 1.47. The molecule has 1 aromatic rings. The number of phenolic OH excluding ortho intramolecular Hbond substituents is 1. The maximum Gasteiger partial charge on any atom is 0.342 e. The first-order valence-electron chi connectivity index (χ1n) is 10.7. The lowest BCUT2D eigenvalue weighted by Crippen LogP contribution is -2.74. The van der Waals surface area contributed by atoms with Gasteiger partial charge in [-0.3, -0.25) is 0 Å². The van der Waals surface area contributed by atoms with Gasteiger partial charge >= 0.3 is 5.97 Å². The standard InChI is InChI=1S/C24H32O7/c1-12-6-15(30-5)8-16(26)18(12)21(28)31-17-10-23(4)19-13(9-22(2,3)20(19)27)7-14(11-25)24(17,23)29/h6-8,13,17,19-20,25-27,29H,9-11H2,1-5H3/t13?,17-,19-,20-,23-,24+/m1/s1. The van der Waals surface area contributed by atoms with Crippen molar-refractivity contribution in [1.29, 1.82) is 0 Å². The zero-order chi connectivity index (χ0) is 22.9. The number of aromatic hydroxyl groups is 1. The van der Waals surface area contributed by atoms with E-state index in [2.05, 4.69) is 0 Å². The average molecular weight is 433 g/mol. The number of aryl methyl sites for hydroxylation is 1. The van der Waals surface area contributed by atoms with Crippen LogP contribution in [0.5, 0.6) is 11.5 Å².